The van der Waals surface area contributed by atoms with Crippen LogP contribution in [0.15, 0.2) is 24.3 Å². The number of ketones is 1. The predicted molar refractivity (Wildman–Crippen MR) is 56.1 cm³/mol. The molecule has 0 radical (unpaired) electrons. The van der Waals surface area contributed by atoms with Crippen LogP contribution < -0.4 is 5.32 Å². The van der Waals surface area contributed by atoms with Crippen LogP contribution in [0.5, 0.6) is 0 Å². The molecule has 1 aliphatic heterocycles. The van der Waals surface area contributed by atoms with Crippen LogP contribution in [-0.2, 0) is 11.2 Å². The first-order valence-corrected chi connectivity index (χ1v) is 5.21. The zero-order chi connectivity index (χ0) is 10.7. The van der Waals surface area contributed by atoms with Gasteiger partial charge in [0.15, 0.2) is 0 Å². The Hall–Kier alpha value is -1.22. The summed E-state index contributed by atoms with van der Waals surface area (Å²) in [4.78, 5) is 11.6. The second-order valence-corrected chi connectivity index (χ2v) is 4.07. The van der Waals surface area contributed by atoms with Gasteiger partial charge >= 0.3 is 0 Å². The topological polar surface area (TPSA) is 29.1 Å². The van der Waals surface area contributed by atoms with Crippen molar-refractivity contribution in [2.24, 2.45) is 5.92 Å². The highest BCUT2D eigenvalue weighted by Crippen LogP contribution is 2.11. The van der Waals surface area contributed by atoms with Crippen LogP contribution in [0, 0.1) is 11.7 Å². The summed E-state index contributed by atoms with van der Waals surface area (Å²) < 4.78 is 12.6. The van der Waals surface area contributed by atoms with E-state index in [1.54, 1.807) is 12.1 Å². The van der Waals surface area contributed by atoms with E-state index in [4.69, 9.17) is 0 Å². The molecule has 1 N–H and O–H groups in total. The molecule has 15 heavy (non-hydrogen) atoms. The van der Waals surface area contributed by atoms with E-state index in [9.17, 15) is 9.18 Å². The van der Waals surface area contributed by atoms with Crippen LogP contribution >= 0.6 is 0 Å². The highest BCUT2D eigenvalue weighted by molar-refractivity contribution is 5.81. The van der Waals surface area contributed by atoms with Crippen molar-refractivity contribution >= 4 is 5.78 Å². The maximum atomic E-state index is 12.6. The van der Waals surface area contributed by atoms with E-state index in [1.807, 2.05) is 0 Å². The standard InChI is InChI=1S/C12H14FNO/c13-11-3-1-9(2-4-11)5-12(15)6-10-7-14-8-10/h1-4,10,14H,5-8H2. The molecule has 2 nitrogen and oxygen atoms in total. The third-order valence-electron chi connectivity index (χ3n) is 2.70. The molecule has 0 atom stereocenters. The molecule has 1 aromatic rings. The molecule has 3 heteroatoms. The lowest BCUT2D eigenvalue weighted by molar-refractivity contribution is -0.119. The van der Waals surface area contributed by atoms with Crippen LogP contribution in [-0.4, -0.2) is 18.9 Å². The summed E-state index contributed by atoms with van der Waals surface area (Å²) in [6.07, 6.45) is 1.07. The van der Waals surface area contributed by atoms with Gasteiger partial charge in [0.25, 0.3) is 0 Å². The minimum Gasteiger partial charge on any atom is -0.316 e. The summed E-state index contributed by atoms with van der Waals surface area (Å²) in [5, 5.41) is 3.14. The molecule has 0 amide bonds. The first kappa shape index (κ1) is 10.3. The van der Waals surface area contributed by atoms with Crippen molar-refractivity contribution in [2.75, 3.05) is 13.1 Å². The molecule has 0 aromatic heterocycles. The first-order chi connectivity index (χ1) is 7.24. The summed E-state index contributed by atoms with van der Waals surface area (Å²) in [7, 11) is 0. The number of carbonyl (C=O) groups excluding carboxylic acids is 1. The average molecular weight is 207 g/mol. The monoisotopic (exact) mass is 207 g/mol. The van der Waals surface area contributed by atoms with Crippen molar-refractivity contribution in [3.05, 3.63) is 35.6 Å². The number of hydrogen-bond acceptors (Lipinski definition) is 2. The predicted octanol–water partition coefficient (Wildman–Crippen LogP) is 1.55. The van der Waals surface area contributed by atoms with E-state index in [-0.39, 0.29) is 11.6 Å². The van der Waals surface area contributed by atoms with Crippen molar-refractivity contribution in [1.29, 1.82) is 0 Å². The van der Waals surface area contributed by atoms with E-state index >= 15 is 0 Å². The number of Topliss-reactive ketones (excluding diaryl/α,β-unsaturated/α-hetero) is 1. The van der Waals surface area contributed by atoms with Gasteiger partial charge in [0.05, 0.1) is 0 Å². The molecule has 1 aromatic carbocycles. The van der Waals surface area contributed by atoms with Gasteiger partial charge in [-0.1, -0.05) is 12.1 Å². The summed E-state index contributed by atoms with van der Waals surface area (Å²) >= 11 is 0. The quantitative estimate of drug-likeness (QED) is 0.811. The van der Waals surface area contributed by atoms with Gasteiger partial charge in [0.1, 0.15) is 11.6 Å². The summed E-state index contributed by atoms with van der Waals surface area (Å²) in [5.74, 6) is 0.500. The maximum absolute atomic E-state index is 12.6. The van der Waals surface area contributed by atoms with Gasteiger partial charge in [0.2, 0.25) is 0 Å². The smallest absolute Gasteiger partial charge is 0.137 e. The minimum atomic E-state index is -0.255. The number of benzene rings is 1. The Bertz CT molecular complexity index is 343. The second kappa shape index (κ2) is 4.53. The molecule has 2 rings (SSSR count). The van der Waals surface area contributed by atoms with Crippen molar-refractivity contribution in [1.82, 2.24) is 5.32 Å². The Labute approximate surface area is 88.5 Å². The highest BCUT2D eigenvalue weighted by Gasteiger charge is 2.19. The van der Waals surface area contributed by atoms with Crippen LogP contribution in [0.2, 0.25) is 0 Å². The summed E-state index contributed by atoms with van der Waals surface area (Å²) in [6.45, 7) is 1.91. The lowest BCUT2D eigenvalue weighted by Gasteiger charge is -2.26. The van der Waals surface area contributed by atoms with E-state index in [0.29, 0.717) is 18.8 Å². The van der Waals surface area contributed by atoms with Crippen LogP contribution in [0.25, 0.3) is 0 Å². The van der Waals surface area contributed by atoms with E-state index in [0.717, 1.165) is 18.7 Å². The van der Waals surface area contributed by atoms with Gasteiger partial charge in [-0.3, -0.25) is 4.79 Å². The van der Waals surface area contributed by atoms with Crippen LogP contribution in [0.1, 0.15) is 12.0 Å². The van der Waals surface area contributed by atoms with Crippen molar-refractivity contribution in [2.45, 2.75) is 12.8 Å². The Kier molecular flexibility index (Phi) is 3.11. The average Bonchev–Trinajstić information content (AvgIpc) is 2.16. The maximum Gasteiger partial charge on any atom is 0.137 e. The first-order valence-electron chi connectivity index (χ1n) is 5.21. The Morgan fingerprint density at radius 3 is 2.53 bits per heavy atom. The number of rotatable bonds is 4. The van der Waals surface area contributed by atoms with Gasteiger partial charge < -0.3 is 5.32 Å². The molecule has 80 valence electrons. The molecule has 0 saturated carbocycles. The van der Waals surface area contributed by atoms with Gasteiger partial charge in [-0.2, -0.15) is 0 Å². The minimum absolute atomic E-state index is 0.244. The fourth-order valence-corrected chi connectivity index (χ4v) is 1.72. The molecular formula is C12H14FNO. The molecule has 1 aliphatic rings. The van der Waals surface area contributed by atoms with Gasteiger partial charge in [-0.25, -0.2) is 4.39 Å². The lowest BCUT2D eigenvalue weighted by Crippen LogP contribution is -2.43. The van der Waals surface area contributed by atoms with Gasteiger partial charge in [-0.05, 0) is 36.7 Å². The van der Waals surface area contributed by atoms with Crippen molar-refractivity contribution < 1.29 is 9.18 Å². The molecular weight excluding hydrogens is 193 g/mol. The zero-order valence-electron chi connectivity index (χ0n) is 8.50. The zero-order valence-corrected chi connectivity index (χ0v) is 8.50. The molecule has 1 heterocycles. The van der Waals surface area contributed by atoms with E-state index < -0.39 is 0 Å². The van der Waals surface area contributed by atoms with Crippen molar-refractivity contribution in [3.8, 4) is 0 Å². The van der Waals surface area contributed by atoms with Gasteiger partial charge in [-0.15, -0.1) is 0 Å². The highest BCUT2D eigenvalue weighted by atomic mass is 19.1. The fraction of sp³-hybridized carbons (Fsp3) is 0.417. The Morgan fingerprint density at radius 2 is 2.00 bits per heavy atom. The molecule has 1 saturated heterocycles. The largest absolute Gasteiger partial charge is 0.316 e. The van der Waals surface area contributed by atoms with Crippen molar-refractivity contribution in [3.63, 3.8) is 0 Å². The van der Waals surface area contributed by atoms with Crippen LogP contribution in [0.3, 0.4) is 0 Å². The number of nitrogens with one attached hydrogen (secondary N) is 1. The Balaban J connectivity index is 1.84. The number of carbonyl (C=O) groups is 1. The lowest BCUT2D eigenvalue weighted by atomic mass is 9.94. The van der Waals surface area contributed by atoms with Gasteiger partial charge in [0, 0.05) is 12.8 Å². The number of hydrogen-bond donors (Lipinski definition) is 1. The normalized spacial score (nSPS) is 16.1. The van der Waals surface area contributed by atoms with E-state index in [2.05, 4.69) is 5.32 Å². The fourth-order valence-electron chi connectivity index (χ4n) is 1.72. The molecule has 0 spiro atoms. The summed E-state index contributed by atoms with van der Waals surface area (Å²) in [6, 6.07) is 6.14. The third kappa shape index (κ3) is 2.86. The number of halogens is 1. The molecule has 1 fully saturated rings. The molecule has 0 unspecified atom stereocenters. The summed E-state index contributed by atoms with van der Waals surface area (Å²) in [5.41, 5.74) is 0.897. The third-order valence-corrected chi connectivity index (χ3v) is 2.70. The SMILES string of the molecule is O=C(Cc1ccc(F)cc1)CC1CNC1. The second-order valence-electron chi connectivity index (χ2n) is 4.07. The van der Waals surface area contributed by atoms with Crippen LogP contribution in [0.4, 0.5) is 4.39 Å². The Morgan fingerprint density at radius 1 is 1.33 bits per heavy atom. The van der Waals surface area contributed by atoms with E-state index in [1.165, 1.54) is 12.1 Å². The molecule has 0 aliphatic carbocycles. The molecule has 0 bridgehead atoms.